The smallest absolute Gasteiger partial charge is 0.315 e. The van der Waals surface area contributed by atoms with Gasteiger partial charge in [0.15, 0.2) is 0 Å². The topological polar surface area (TPSA) is 78.4 Å². The molecule has 0 aliphatic heterocycles. The van der Waals surface area contributed by atoms with Crippen molar-refractivity contribution in [3.05, 3.63) is 0 Å². The average molecular weight is 270 g/mol. The van der Waals surface area contributed by atoms with Crippen LogP contribution in [-0.4, -0.2) is 29.2 Å². The van der Waals surface area contributed by atoms with Gasteiger partial charge in [-0.3, -0.25) is 4.79 Å². The first kappa shape index (κ1) is 15.8. The molecule has 3 N–H and O–H groups in total. The maximum absolute atomic E-state index is 11.8. The minimum absolute atomic E-state index is 0.146. The van der Waals surface area contributed by atoms with E-state index in [0.29, 0.717) is 5.92 Å². The molecule has 0 bridgehead atoms. The van der Waals surface area contributed by atoms with E-state index in [0.717, 1.165) is 0 Å². The summed E-state index contributed by atoms with van der Waals surface area (Å²) in [5.74, 6) is -0.935. The highest BCUT2D eigenvalue weighted by Crippen LogP contribution is 2.26. The first-order chi connectivity index (χ1) is 8.91. The first-order valence-corrected chi connectivity index (χ1v) is 7.21. The summed E-state index contributed by atoms with van der Waals surface area (Å²) in [4.78, 5) is 22.6. The highest BCUT2D eigenvalue weighted by Gasteiger charge is 2.24. The van der Waals surface area contributed by atoms with E-state index in [-0.39, 0.29) is 18.1 Å². The Morgan fingerprint density at radius 3 is 2.16 bits per heavy atom. The third-order valence-electron chi connectivity index (χ3n) is 4.21. The Morgan fingerprint density at radius 1 is 1.05 bits per heavy atom. The van der Waals surface area contributed by atoms with Gasteiger partial charge in [-0.2, -0.15) is 0 Å². The van der Waals surface area contributed by atoms with E-state index in [4.69, 9.17) is 5.11 Å². The van der Waals surface area contributed by atoms with Crippen LogP contribution in [0.15, 0.2) is 0 Å². The number of rotatable bonds is 5. The van der Waals surface area contributed by atoms with Crippen molar-refractivity contribution in [1.29, 1.82) is 0 Å². The van der Waals surface area contributed by atoms with E-state index in [1.165, 1.54) is 32.1 Å². The number of nitrogens with one attached hydrogen (secondary N) is 2. The first-order valence-electron chi connectivity index (χ1n) is 7.21. The number of carbonyl (C=O) groups excluding carboxylic acids is 1. The Morgan fingerprint density at radius 2 is 1.63 bits per heavy atom. The van der Waals surface area contributed by atoms with Gasteiger partial charge in [-0.25, -0.2) is 4.79 Å². The van der Waals surface area contributed by atoms with Crippen molar-refractivity contribution in [2.24, 2.45) is 11.8 Å². The zero-order valence-corrected chi connectivity index (χ0v) is 12.1. The number of carboxylic acids is 1. The number of amides is 2. The summed E-state index contributed by atoms with van der Waals surface area (Å²) in [5, 5.41) is 14.5. The highest BCUT2D eigenvalue weighted by molar-refractivity contribution is 5.76. The fraction of sp³-hybridized carbons (Fsp3) is 0.857. The fourth-order valence-electron chi connectivity index (χ4n) is 2.55. The number of carbonyl (C=O) groups is 2. The minimum atomic E-state index is -0.895. The quantitative estimate of drug-likeness (QED) is 0.717. The molecular formula is C14H26N2O3. The van der Waals surface area contributed by atoms with Crippen LogP contribution in [0.2, 0.25) is 0 Å². The van der Waals surface area contributed by atoms with Crippen LogP contribution in [-0.2, 0) is 4.79 Å². The van der Waals surface area contributed by atoms with E-state index in [1.54, 1.807) is 13.8 Å². The summed E-state index contributed by atoms with van der Waals surface area (Å²) in [7, 11) is 0. The van der Waals surface area contributed by atoms with Gasteiger partial charge in [0, 0.05) is 12.1 Å². The van der Waals surface area contributed by atoms with Gasteiger partial charge in [0.25, 0.3) is 0 Å². The van der Waals surface area contributed by atoms with Crippen molar-refractivity contribution in [2.45, 2.75) is 65.0 Å². The maximum Gasteiger partial charge on any atom is 0.315 e. The Bertz CT molecular complexity index is 314. The number of hydrogen-bond acceptors (Lipinski definition) is 2. The van der Waals surface area contributed by atoms with E-state index in [9.17, 15) is 9.59 Å². The Kier molecular flexibility index (Phi) is 6.12. The lowest BCUT2D eigenvalue weighted by Gasteiger charge is -2.29. The van der Waals surface area contributed by atoms with Crippen LogP contribution in [0.3, 0.4) is 0 Å². The molecule has 0 heterocycles. The van der Waals surface area contributed by atoms with Gasteiger partial charge in [0.1, 0.15) is 0 Å². The summed E-state index contributed by atoms with van der Waals surface area (Å²) in [6, 6.07) is -0.498. The summed E-state index contributed by atoms with van der Waals surface area (Å²) >= 11 is 0. The summed E-state index contributed by atoms with van der Waals surface area (Å²) in [6.07, 6.45) is 6.11. The Hall–Kier alpha value is -1.26. The third-order valence-corrected chi connectivity index (χ3v) is 4.21. The molecule has 19 heavy (non-hydrogen) atoms. The van der Waals surface area contributed by atoms with Crippen LogP contribution in [0, 0.1) is 11.8 Å². The number of carboxylic acid groups (broad SMARTS) is 1. The summed E-state index contributed by atoms with van der Waals surface area (Å²) in [5.41, 5.74) is 0. The summed E-state index contributed by atoms with van der Waals surface area (Å²) in [6.45, 7) is 5.34. The molecule has 0 aromatic rings. The molecule has 1 aliphatic rings. The van der Waals surface area contributed by atoms with Crippen LogP contribution in [0.4, 0.5) is 4.79 Å². The third kappa shape index (κ3) is 5.09. The van der Waals surface area contributed by atoms with Gasteiger partial charge in [0.2, 0.25) is 0 Å². The Labute approximate surface area is 115 Å². The predicted octanol–water partition coefficient (Wildman–Crippen LogP) is 2.36. The molecule has 1 fully saturated rings. The molecule has 110 valence electrons. The molecule has 0 aromatic heterocycles. The van der Waals surface area contributed by atoms with Crippen LogP contribution in [0.25, 0.3) is 0 Å². The molecule has 3 atom stereocenters. The average Bonchev–Trinajstić information content (AvgIpc) is 2.38. The second kappa shape index (κ2) is 7.36. The molecule has 1 saturated carbocycles. The van der Waals surface area contributed by atoms with Crippen LogP contribution in [0.5, 0.6) is 0 Å². The molecule has 1 rings (SSSR count). The van der Waals surface area contributed by atoms with Gasteiger partial charge in [-0.15, -0.1) is 0 Å². The predicted molar refractivity (Wildman–Crippen MR) is 74.0 cm³/mol. The minimum Gasteiger partial charge on any atom is -0.481 e. The number of urea groups is 1. The second-order valence-electron chi connectivity index (χ2n) is 5.72. The zero-order chi connectivity index (χ0) is 14.4. The van der Waals surface area contributed by atoms with Crippen LogP contribution >= 0.6 is 0 Å². The normalized spacial score (nSPS) is 21.2. The SMILES string of the molecule is CC(NC(=O)NC(C)C(C)C(=O)O)C1CCCCC1. The van der Waals surface area contributed by atoms with Crippen molar-refractivity contribution in [3.63, 3.8) is 0 Å². The fourth-order valence-corrected chi connectivity index (χ4v) is 2.55. The van der Waals surface area contributed by atoms with Gasteiger partial charge in [0.05, 0.1) is 5.92 Å². The zero-order valence-electron chi connectivity index (χ0n) is 12.1. The van der Waals surface area contributed by atoms with Crippen molar-refractivity contribution >= 4 is 12.0 Å². The van der Waals surface area contributed by atoms with E-state index >= 15 is 0 Å². The lowest BCUT2D eigenvalue weighted by molar-refractivity contribution is -0.141. The molecule has 1 aliphatic carbocycles. The molecule has 0 saturated heterocycles. The summed E-state index contributed by atoms with van der Waals surface area (Å²) < 4.78 is 0. The number of aliphatic carboxylic acids is 1. The molecule has 5 nitrogen and oxygen atoms in total. The van der Waals surface area contributed by atoms with Crippen LogP contribution in [0.1, 0.15) is 52.9 Å². The lowest BCUT2D eigenvalue weighted by Crippen LogP contribution is -2.49. The highest BCUT2D eigenvalue weighted by atomic mass is 16.4. The lowest BCUT2D eigenvalue weighted by atomic mass is 9.84. The monoisotopic (exact) mass is 270 g/mol. The van der Waals surface area contributed by atoms with Gasteiger partial charge < -0.3 is 15.7 Å². The Balaban J connectivity index is 2.35. The van der Waals surface area contributed by atoms with Crippen molar-refractivity contribution in [1.82, 2.24) is 10.6 Å². The standard InChI is InChI=1S/C14H26N2O3/c1-9(13(17)18)10(2)15-14(19)16-11(3)12-7-5-4-6-8-12/h9-12H,4-8H2,1-3H3,(H,17,18)(H2,15,16,19). The molecule has 2 amide bonds. The molecule has 0 spiro atoms. The molecule has 5 heteroatoms. The van der Waals surface area contributed by atoms with E-state index in [2.05, 4.69) is 10.6 Å². The van der Waals surface area contributed by atoms with Gasteiger partial charge in [-0.1, -0.05) is 19.3 Å². The molecular weight excluding hydrogens is 244 g/mol. The van der Waals surface area contributed by atoms with Gasteiger partial charge >= 0.3 is 12.0 Å². The van der Waals surface area contributed by atoms with E-state index in [1.807, 2.05) is 6.92 Å². The maximum atomic E-state index is 11.8. The number of hydrogen-bond donors (Lipinski definition) is 3. The van der Waals surface area contributed by atoms with Crippen molar-refractivity contribution in [3.8, 4) is 0 Å². The van der Waals surface area contributed by atoms with Gasteiger partial charge in [-0.05, 0) is 39.5 Å². The van der Waals surface area contributed by atoms with Crippen LogP contribution < -0.4 is 10.6 Å². The molecule has 0 radical (unpaired) electrons. The largest absolute Gasteiger partial charge is 0.481 e. The molecule has 3 unspecified atom stereocenters. The second-order valence-corrected chi connectivity index (χ2v) is 5.72. The van der Waals surface area contributed by atoms with Crippen molar-refractivity contribution in [2.75, 3.05) is 0 Å². The van der Waals surface area contributed by atoms with E-state index < -0.39 is 11.9 Å². The van der Waals surface area contributed by atoms with Crippen molar-refractivity contribution < 1.29 is 14.7 Å². The molecule has 0 aromatic carbocycles.